The summed E-state index contributed by atoms with van der Waals surface area (Å²) in [6.07, 6.45) is 3.38. The van der Waals surface area contributed by atoms with Crippen LogP contribution < -0.4 is 5.32 Å². The van der Waals surface area contributed by atoms with Crippen LogP contribution >= 0.6 is 0 Å². The Labute approximate surface area is 120 Å². The molecular formula is C16H25NO3. The Morgan fingerprint density at radius 3 is 2.60 bits per heavy atom. The van der Waals surface area contributed by atoms with Gasteiger partial charge in [-0.05, 0) is 18.4 Å². The molecule has 0 spiro atoms. The molecule has 0 saturated heterocycles. The topological polar surface area (TPSA) is 61.7 Å². The van der Waals surface area contributed by atoms with Gasteiger partial charge >= 0.3 is 0 Å². The Morgan fingerprint density at radius 2 is 1.90 bits per heavy atom. The molecule has 1 aliphatic rings. The van der Waals surface area contributed by atoms with Gasteiger partial charge in [-0.1, -0.05) is 43.2 Å². The molecule has 1 unspecified atom stereocenters. The lowest BCUT2D eigenvalue weighted by atomic mass is 10.0. The van der Waals surface area contributed by atoms with Crippen LogP contribution in [-0.2, 0) is 11.3 Å². The molecule has 4 heteroatoms. The fourth-order valence-corrected chi connectivity index (χ4v) is 2.63. The first-order valence-electron chi connectivity index (χ1n) is 7.41. The van der Waals surface area contributed by atoms with E-state index < -0.39 is 11.7 Å². The number of rotatable bonds is 8. The summed E-state index contributed by atoms with van der Waals surface area (Å²) in [6, 6.07) is 9.91. The normalized spacial score (nSPS) is 19.1. The van der Waals surface area contributed by atoms with Crippen molar-refractivity contribution in [1.82, 2.24) is 5.32 Å². The highest BCUT2D eigenvalue weighted by Crippen LogP contribution is 2.28. The Morgan fingerprint density at radius 1 is 1.20 bits per heavy atom. The quantitative estimate of drug-likeness (QED) is 0.674. The second-order valence-electron chi connectivity index (χ2n) is 5.72. The minimum Gasteiger partial charge on any atom is -0.389 e. The van der Waals surface area contributed by atoms with E-state index in [9.17, 15) is 10.2 Å². The van der Waals surface area contributed by atoms with Gasteiger partial charge in [0.15, 0.2) is 0 Å². The molecule has 3 N–H and O–H groups in total. The van der Waals surface area contributed by atoms with E-state index in [0.29, 0.717) is 26.3 Å². The van der Waals surface area contributed by atoms with Gasteiger partial charge in [0.2, 0.25) is 0 Å². The molecule has 0 aromatic heterocycles. The van der Waals surface area contributed by atoms with Gasteiger partial charge in [-0.15, -0.1) is 0 Å². The summed E-state index contributed by atoms with van der Waals surface area (Å²) in [4.78, 5) is 0. The SMILES string of the molecule is OC(CNCC1(O)CCCC1)COCc1ccccc1. The molecule has 1 aromatic rings. The number of benzene rings is 1. The summed E-state index contributed by atoms with van der Waals surface area (Å²) in [5.74, 6) is 0. The second-order valence-corrected chi connectivity index (χ2v) is 5.72. The van der Waals surface area contributed by atoms with Crippen LogP contribution in [0.3, 0.4) is 0 Å². The molecule has 20 heavy (non-hydrogen) atoms. The van der Waals surface area contributed by atoms with E-state index in [1.165, 1.54) is 0 Å². The van der Waals surface area contributed by atoms with Crippen LogP contribution in [-0.4, -0.2) is 41.6 Å². The Hall–Kier alpha value is -0.940. The number of hydrogen-bond donors (Lipinski definition) is 3. The standard InChI is InChI=1S/C16H25NO3/c18-15(10-17-13-16(19)8-4-5-9-16)12-20-11-14-6-2-1-3-7-14/h1-3,6-7,15,17-19H,4-5,8-13H2. The van der Waals surface area contributed by atoms with Gasteiger partial charge in [0, 0.05) is 13.1 Å². The first kappa shape index (κ1) is 15.4. The first-order chi connectivity index (χ1) is 9.68. The molecule has 112 valence electrons. The minimum atomic E-state index is -0.565. The van der Waals surface area contributed by atoms with Crippen LogP contribution in [0.2, 0.25) is 0 Å². The molecule has 0 amide bonds. The molecule has 1 saturated carbocycles. The van der Waals surface area contributed by atoms with Crippen molar-refractivity contribution < 1.29 is 14.9 Å². The average Bonchev–Trinajstić information content (AvgIpc) is 2.87. The molecule has 2 rings (SSSR count). The highest BCUT2D eigenvalue weighted by atomic mass is 16.5. The summed E-state index contributed by atoms with van der Waals surface area (Å²) in [7, 11) is 0. The predicted molar refractivity (Wildman–Crippen MR) is 78.4 cm³/mol. The molecule has 1 fully saturated rings. The van der Waals surface area contributed by atoms with Crippen molar-refractivity contribution in [1.29, 1.82) is 0 Å². The van der Waals surface area contributed by atoms with Crippen molar-refractivity contribution in [2.24, 2.45) is 0 Å². The summed E-state index contributed by atoms with van der Waals surface area (Å²) >= 11 is 0. The van der Waals surface area contributed by atoms with E-state index in [0.717, 1.165) is 31.2 Å². The summed E-state index contributed by atoms with van der Waals surface area (Å²) in [6.45, 7) is 1.84. The van der Waals surface area contributed by atoms with E-state index in [-0.39, 0.29) is 0 Å². The third-order valence-corrected chi connectivity index (χ3v) is 3.79. The molecule has 4 nitrogen and oxygen atoms in total. The maximum atomic E-state index is 10.2. The van der Waals surface area contributed by atoms with Crippen LogP contribution in [0.15, 0.2) is 30.3 Å². The maximum absolute atomic E-state index is 10.2. The molecular weight excluding hydrogens is 254 g/mol. The van der Waals surface area contributed by atoms with E-state index in [4.69, 9.17) is 4.74 Å². The zero-order valence-electron chi connectivity index (χ0n) is 11.9. The minimum absolute atomic E-state index is 0.306. The van der Waals surface area contributed by atoms with E-state index >= 15 is 0 Å². The lowest BCUT2D eigenvalue weighted by Gasteiger charge is -2.23. The van der Waals surface area contributed by atoms with Gasteiger partial charge in [-0.3, -0.25) is 0 Å². The number of ether oxygens (including phenoxy) is 1. The van der Waals surface area contributed by atoms with Crippen molar-refractivity contribution in [3.8, 4) is 0 Å². The lowest BCUT2D eigenvalue weighted by Crippen LogP contribution is -2.41. The van der Waals surface area contributed by atoms with Crippen molar-refractivity contribution in [3.63, 3.8) is 0 Å². The Balaban J connectivity index is 1.55. The molecule has 0 radical (unpaired) electrons. The van der Waals surface area contributed by atoms with Gasteiger partial charge in [0.1, 0.15) is 0 Å². The maximum Gasteiger partial charge on any atom is 0.0897 e. The van der Waals surface area contributed by atoms with Gasteiger partial charge in [-0.2, -0.15) is 0 Å². The first-order valence-corrected chi connectivity index (χ1v) is 7.41. The van der Waals surface area contributed by atoms with Gasteiger partial charge < -0.3 is 20.3 Å². The van der Waals surface area contributed by atoms with E-state index in [1.807, 2.05) is 30.3 Å². The number of aliphatic hydroxyl groups is 2. The number of nitrogens with one attached hydrogen (secondary N) is 1. The average molecular weight is 279 g/mol. The summed E-state index contributed by atoms with van der Waals surface area (Å²) in [5.41, 5.74) is 0.540. The van der Waals surface area contributed by atoms with Crippen molar-refractivity contribution in [2.45, 2.75) is 44.0 Å². The molecule has 0 heterocycles. The molecule has 1 atom stereocenters. The molecule has 1 aromatic carbocycles. The molecule has 1 aliphatic carbocycles. The third-order valence-electron chi connectivity index (χ3n) is 3.79. The molecule has 0 bridgehead atoms. The van der Waals surface area contributed by atoms with Crippen LogP contribution in [0.5, 0.6) is 0 Å². The highest BCUT2D eigenvalue weighted by Gasteiger charge is 2.30. The Kier molecular flexibility index (Phi) is 5.98. The summed E-state index contributed by atoms with van der Waals surface area (Å²) in [5, 5.41) is 23.1. The molecule has 0 aliphatic heterocycles. The van der Waals surface area contributed by atoms with Crippen LogP contribution in [0.4, 0.5) is 0 Å². The smallest absolute Gasteiger partial charge is 0.0897 e. The lowest BCUT2D eigenvalue weighted by molar-refractivity contribution is 0.0181. The van der Waals surface area contributed by atoms with Crippen molar-refractivity contribution >= 4 is 0 Å². The predicted octanol–water partition coefficient (Wildman–Crippen LogP) is 1.46. The monoisotopic (exact) mass is 279 g/mol. The number of aliphatic hydroxyl groups excluding tert-OH is 1. The van der Waals surface area contributed by atoms with Gasteiger partial charge in [0.05, 0.1) is 24.9 Å². The second kappa shape index (κ2) is 7.74. The van der Waals surface area contributed by atoms with Crippen molar-refractivity contribution in [2.75, 3.05) is 19.7 Å². The third kappa shape index (κ3) is 5.21. The highest BCUT2D eigenvalue weighted by molar-refractivity contribution is 5.13. The van der Waals surface area contributed by atoms with Gasteiger partial charge in [0.25, 0.3) is 0 Å². The number of hydrogen-bond acceptors (Lipinski definition) is 4. The fourth-order valence-electron chi connectivity index (χ4n) is 2.63. The summed E-state index contributed by atoms with van der Waals surface area (Å²) < 4.78 is 5.48. The van der Waals surface area contributed by atoms with Crippen LogP contribution in [0.25, 0.3) is 0 Å². The zero-order chi connectivity index (χ0) is 14.3. The van der Waals surface area contributed by atoms with Crippen LogP contribution in [0.1, 0.15) is 31.2 Å². The zero-order valence-corrected chi connectivity index (χ0v) is 11.9. The van der Waals surface area contributed by atoms with E-state index in [2.05, 4.69) is 5.32 Å². The Bertz CT molecular complexity index is 377. The fraction of sp³-hybridized carbons (Fsp3) is 0.625. The van der Waals surface area contributed by atoms with Crippen LogP contribution in [0, 0.1) is 0 Å². The largest absolute Gasteiger partial charge is 0.389 e. The van der Waals surface area contributed by atoms with Gasteiger partial charge in [-0.25, -0.2) is 0 Å². The van der Waals surface area contributed by atoms with E-state index in [1.54, 1.807) is 0 Å². The van der Waals surface area contributed by atoms with Crippen molar-refractivity contribution in [3.05, 3.63) is 35.9 Å².